The van der Waals surface area contributed by atoms with Crippen LogP contribution in [0, 0.1) is 0 Å². The summed E-state index contributed by atoms with van der Waals surface area (Å²) >= 11 is 0. The second-order valence-electron chi connectivity index (χ2n) is 12.1. The highest BCUT2D eigenvalue weighted by Crippen LogP contribution is 2.30. The van der Waals surface area contributed by atoms with Gasteiger partial charge in [-0.3, -0.25) is 14.4 Å². The van der Waals surface area contributed by atoms with Gasteiger partial charge in [0, 0.05) is 24.2 Å². The van der Waals surface area contributed by atoms with Gasteiger partial charge in [0.1, 0.15) is 11.8 Å². The highest BCUT2D eigenvalue weighted by Gasteiger charge is 2.32. The second-order valence-corrected chi connectivity index (χ2v) is 12.1. The van der Waals surface area contributed by atoms with Gasteiger partial charge in [-0.05, 0) is 67.5 Å². The Morgan fingerprint density at radius 3 is 2.51 bits per heavy atom. The molecule has 0 bridgehead atoms. The average Bonchev–Trinajstić information content (AvgIpc) is 3.51. The molecule has 0 fully saturated rings. The van der Waals surface area contributed by atoms with Crippen molar-refractivity contribution < 1.29 is 18.8 Å². The lowest BCUT2D eigenvalue weighted by molar-refractivity contribution is -0.128. The van der Waals surface area contributed by atoms with Crippen LogP contribution in [0.4, 0.5) is 5.69 Å². The van der Waals surface area contributed by atoms with Gasteiger partial charge in [0.25, 0.3) is 0 Å². The van der Waals surface area contributed by atoms with E-state index in [-0.39, 0.29) is 24.1 Å². The molecular weight excluding hydrogens is 566 g/mol. The molecule has 0 saturated carbocycles. The zero-order valence-electron chi connectivity index (χ0n) is 26.1. The quantitative estimate of drug-likeness (QED) is 0.210. The third-order valence-corrected chi connectivity index (χ3v) is 8.06. The van der Waals surface area contributed by atoms with E-state index in [0.717, 1.165) is 33.5 Å². The predicted molar refractivity (Wildman–Crippen MR) is 174 cm³/mol. The van der Waals surface area contributed by atoms with Crippen LogP contribution >= 0.6 is 0 Å². The molecule has 0 unspecified atom stereocenters. The van der Waals surface area contributed by atoms with E-state index in [1.807, 2.05) is 93.6 Å². The van der Waals surface area contributed by atoms with E-state index < -0.39 is 11.6 Å². The van der Waals surface area contributed by atoms with Gasteiger partial charge in [-0.1, -0.05) is 66.7 Å². The number of hydrogen-bond acceptors (Lipinski definition) is 6. The second kappa shape index (κ2) is 14.3. The molecule has 234 valence electrons. The van der Waals surface area contributed by atoms with E-state index in [2.05, 4.69) is 20.9 Å². The Bertz CT molecular complexity index is 1610. The Balaban J connectivity index is 1.30. The third kappa shape index (κ3) is 8.25. The van der Waals surface area contributed by atoms with Gasteiger partial charge in [0.15, 0.2) is 6.39 Å². The molecule has 2 heterocycles. The van der Waals surface area contributed by atoms with Crippen LogP contribution in [-0.4, -0.2) is 40.8 Å². The number of fused-ring (bicyclic) bond motifs is 1. The van der Waals surface area contributed by atoms with Gasteiger partial charge >= 0.3 is 0 Å². The summed E-state index contributed by atoms with van der Waals surface area (Å²) in [7, 11) is 0. The summed E-state index contributed by atoms with van der Waals surface area (Å²) in [6, 6.07) is 23.3. The fourth-order valence-electron chi connectivity index (χ4n) is 5.74. The Kier molecular flexibility index (Phi) is 10.1. The first kappa shape index (κ1) is 31.7. The SMILES string of the molecule is CCNC(=O)Cc1ccccc1-c1ccc(CN2C(=O)[C@H](NC(=O)CC(C)(C)NCc3cnco3)CCc3ccccc32)cc1. The first-order valence-corrected chi connectivity index (χ1v) is 15.5. The molecule has 5 rings (SSSR count). The van der Waals surface area contributed by atoms with E-state index in [1.165, 1.54) is 6.39 Å². The summed E-state index contributed by atoms with van der Waals surface area (Å²) in [6.45, 7) is 7.22. The molecule has 1 aromatic heterocycles. The van der Waals surface area contributed by atoms with Crippen molar-refractivity contribution in [1.29, 1.82) is 0 Å². The van der Waals surface area contributed by atoms with Crippen molar-refractivity contribution >= 4 is 23.4 Å². The minimum absolute atomic E-state index is 0.00666. The highest BCUT2D eigenvalue weighted by atomic mass is 16.3. The summed E-state index contributed by atoms with van der Waals surface area (Å²) < 4.78 is 5.29. The normalized spacial score (nSPS) is 14.9. The number of amides is 3. The van der Waals surface area contributed by atoms with Crippen LogP contribution in [0.2, 0.25) is 0 Å². The van der Waals surface area contributed by atoms with E-state index in [0.29, 0.717) is 44.7 Å². The average molecular weight is 608 g/mol. The van der Waals surface area contributed by atoms with Crippen LogP contribution in [-0.2, 0) is 40.3 Å². The number of para-hydroxylation sites is 1. The van der Waals surface area contributed by atoms with Gasteiger partial charge in [-0.2, -0.15) is 0 Å². The molecule has 0 radical (unpaired) electrons. The Morgan fingerprint density at radius 2 is 1.76 bits per heavy atom. The maximum atomic E-state index is 14.0. The molecule has 4 aromatic rings. The third-order valence-electron chi connectivity index (χ3n) is 8.06. The van der Waals surface area contributed by atoms with E-state index in [4.69, 9.17) is 4.42 Å². The lowest BCUT2D eigenvalue weighted by Gasteiger charge is -2.29. The minimum atomic E-state index is -0.643. The number of nitrogens with zero attached hydrogens (tertiary/aromatic N) is 2. The maximum absolute atomic E-state index is 14.0. The molecule has 9 nitrogen and oxygen atoms in total. The number of aryl methyl sites for hydroxylation is 1. The van der Waals surface area contributed by atoms with Crippen molar-refractivity contribution in [3.05, 3.63) is 108 Å². The fourth-order valence-corrected chi connectivity index (χ4v) is 5.74. The number of likely N-dealkylation sites (N-methyl/N-ethyl adjacent to an activating group) is 1. The van der Waals surface area contributed by atoms with E-state index >= 15 is 0 Å². The fraction of sp³-hybridized carbons (Fsp3) is 0.333. The molecule has 0 saturated heterocycles. The Hall–Kier alpha value is -4.76. The number of carbonyl (C=O) groups is 3. The van der Waals surface area contributed by atoms with Crippen LogP contribution in [0.5, 0.6) is 0 Å². The van der Waals surface area contributed by atoms with Gasteiger partial charge in [-0.25, -0.2) is 4.98 Å². The number of rotatable bonds is 12. The summed E-state index contributed by atoms with van der Waals surface area (Å²) in [5.41, 5.74) is 5.36. The van der Waals surface area contributed by atoms with Crippen molar-refractivity contribution in [2.75, 3.05) is 11.4 Å². The smallest absolute Gasteiger partial charge is 0.249 e. The van der Waals surface area contributed by atoms with E-state index in [1.54, 1.807) is 11.1 Å². The van der Waals surface area contributed by atoms with Gasteiger partial charge in [0.2, 0.25) is 17.7 Å². The number of nitrogens with one attached hydrogen (secondary N) is 3. The predicted octanol–water partition coefficient (Wildman–Crippen LogP) is 4.94. The highest BCUT2D eigenvalue weighted by molar-refractivity contribution is 6.00. The maximum Gasteiger partial charge on any atom is 0.249 e. The van der Waals surface area contributed by atoms with Crippen LogP contribution < -0.4 is 20.9 Å². The molecule has 0 aliphatic carbocycles. The summed E-state index contributed by atoms with van der Waals surface area (Å²) in [5, 5.41) is 9.24. The van der Waals surface area contributed by atoms with Gasteiger partial charge < -0.3 is 25.3 Å². The van der Waals surface area contributed by atoms with Gasteiger partial charge in [0.05, 0.1) is 25.7 Å². The molecule has 3 aromatic carbocycles. The van der Waals surface area contributed by atoms with Crippen LogP contribution in [0.15, 0.2) is 89.8 Å². The van der Waals surface area contributed by atoms with Crippen molar-refractivity contribution in [3.8, 4) is 11.1 Å². The lowest BCUT2D eigenvalue weighted by atomic mass is 9.96. The number of benzene rings is 3. The number of aromatic nitrogens is 1. The van der Waals surface area contributed by atoms with Crippen molar-refractivity contribution in [2.45, 2.75) is 71.1 Å². The summed E-state index contributed by atoms with van der Waals surface area (Å²) in [6.07, 6.45) is 4.72. The minimum Gasteiger partial charge on any atom is -0.447 e. The first-order chi connectivity index (χ1) is 21.7. The Labute approximate surface area is 264 Å². The molecule has 9 heteroatoms. The first-order valence-electron chi connectivity index (χ1n) is 15.5. The molecule has 1 aliphatic heterocycles. The molecular formula is C36H41N5O4. The lowest BCUT2D eigenvalue weighted by Crippen LogP contribution is -2.50. The molecule has 0 spiro atoms. The standard InChI is InChI=1S/C36H41N5O4/c1-4-38-33(42)19-28-10-5-7-11-30(28)26-15-13-25(14-16-26)23-41-32-12-8-6-9-27(32)17-18-31(35(41)44)40-34(43)20-36(2,3)39-22-29-21-37-24-45-29/h5-16,21,24,31,39H,4,17-20,22-23H2,1-3H3,(H,38,42)(H,40,43)/t31-/m1/s1. The topological polar surface area (TPSA) is 117 Å². The molecule has 1 atom stereocenters. The molecule has 3 N–H and O–H groups in total. The largest absolute Gasteiger partial charge is 0.447 e. The Morgan fingerprint density at radius 1 is 1.00 bits per heavy atom. The number of carbonyl (C=O) groups excluding carboxylic acids is 3. The molecule has 1 aliphatic rings. The number of anilines is 1. The molecule has 45 heavy (non-hydrogen) atoms. The monoisotopic (exact) mass is 607 g/mol. The number of oxazole rings is 1. The zero-order valence-corrected chi connectivity index (χ0v) is 26.1. The van der Waals surface area contributed by atoms with E-state index in [9.17, 15) is 14.4 Å². The van der Waals surface area contributed by atoms with Crippen LogP contribution in [0.25, 0.3) is 11.1 Å². The van der Waals surface area contributed by atoms with Crippen molar-refractivity contribution in [3.63, 3.8) is 0 Å². The van der Waals surface area contributed by atoms with Crippen molar-refractivity contribution in [1.82, 2.24) is 20.9 Å². The number of hydrogen-bond donors (Lipinski definition) is 3. The summed E-state index contributed by atoms with van der Waals surface area (Å²) in [5.74, 6) is 0.363. The van der Waals surface area contributed by atoms with Gasteiger partial charge in [-0.15, -0.1) is 0 Å². The van der Waals surface area contributed by atoms with Crippen molar-refractivity contribution in [2.24, 2.45) is 0 Å². The van der Waals surface area contributed by atoms with Crippen LogP contribution in [0.1, 0.15) is 56.1 Å². The van der Waals surface area contributed by atoms with Crippen LogP contribution in [0.3, 0.4) is 0 Å². The zero-order chi connectivity index (χ0) is 31.8. The summed E-state index contributed by atoms with van der Waals surface area (Å²) in [4.78, 5) is 45.2. The molecule has 3 amide bonds.